The van der Waals surface area contributed by atoms with Crippen LogP contribution >= 0.6 is 23.3 Å². The van der Waals surface area contributed by atoms with Gasteiger partial charge < -0.3 is 5.73 Å². The van der Waals surface area contributed by atoms with E-state index >= 15 is 0 Å². The van der Waals surface area contributed by atoms with Crippen LogP contribution in [0.4, 0.5) is 4.39 Å². The largest absolute Gasteiger partial charge is 0.320 e. The highest BCUT2D eigenvalue weighted by atomic mass is 32.2. The molecule has 0 spiro atoms. The topological polar surface area (TPSA) is 51.8 Å². The van der Waals surface area contributed by atoms with Crippen molar-refractivity contribution in [3.63, 3.8) is 0 Å². The smallest absolute Gasteiger partial charge is 0.170 e. The fourth-order valence-corrected chi connectivity index (χ4v) is 3.16. The standard InChI is InChI=1S/C14H14FN3S2/c1-2-13-17-14(20-18-13)19-9-11-6-5-10(4-3-7-16)8-12(11)15/h5-6,8H,2,7,9,16H2,1H3. The zero-order chi connectivity index (χ0) is 14.4. The molecule has 6 heteroatoms. The van der Waals surface area contributed by atoms with E-state index in [2.05, 4.69) is 21.2 Å². The summed E-state index contributed by atoms with van der Waals surface area (Å²) < 4.78 is 19.0. The first-order valence-corrected chi connectivity index (χ1v) is 7.91. The number of aromatic nitrogens is 2. The number of thioether (sulfide) groups is 1. The zero-order valence-corrected chi connectivity index (χ0v) is 12.7. The van der Waals surface area contributed by atoms with E-state index in [0.29, 0.717) is 16.9 Å². The Morgan fingerprint density at radius 1 is 1.45 bits per heavy atom. The third-order valence-electron chi connectivity index (χ3n) is 2.50. The van der Waals surface area contributed by atoms with Gasteiger partial charge in [0.25, 0.3) is 0 Å². The van der Waals surface area contributed by atoms with Gasteiger partial charge in [-0.25, -0.2) is 9.37 Å². The molecule has 0 fully saturated rings. The minimum Gasteiger partial charge on any atom is -0.320 e. The molecular formula is C14H14FN3S2. The lowest BCUT2D eigenvalue weighted by atomic mass is 10.1. The maximum Gasteiger partial charge on any atom is 0.170 e. The van der Waals surface area contributed by atoms with Gasteiger partial charge in [0.1, 0.15) is 11.6 Å². The number of hydrogen-bond acceptors (Lipinski definition) is 5. The van der Waals surface area contributed by atoms with Crippen LogP contribution in [0.2, 0.25) is 0 Å². The Morgan fingerprint density at radius 2 is 2.30 bits per heavy atom. The van der Waals surface area contributed by atoms with Crippen molar-refractivity contribution < 1.29 is 4.39 Å². The van der Waals surface area contributed by atoms with Gasteiger partial charge in [-0.15, -0.1) is 0 Å². The molecule has 0 aliphatic heterocycles. The van der Waals surface area contributed by atoms with E-state index in [1.165, 1.54) is 29.4 Å². The summed E-state index contributed by atoms with van der Waals surface area (Å²) >= 11 is 2.85. The van der Waals surface area contributed by atoms with Gasteiger partial charge in [0.05, 0.1) is 6.54 Å². The molecule has 1 aromatic carbocycles. The molecule has 2 N–H and O–H groups in total. The summed E-state index contributed by atoms with van der Waals surface area (Å²) in [5.41, 5.74) is 6.57. The van der Waals surface area contributed by atoms with Gasteiger partial charge in [0.15, 0.2) is 4.34 Å². The van der Waals surface area contributed by atoms with Crippen LogP contribution in [0.1, 0.15) is 23.9 Å². The first-order chi connectivity index (χ1) is 9.72. The van der Waals surface area contributed by atoms with Crippen LogP contribution in [-0.2, 0) is 12.2 Å². The Bertz CT molecular complexity index is 643. The van der Waals surface area contributed by atoms with Crippen LogP contribution in [0.3, 0.4) is 0 Å². The van der Waals surface area contributed by atoms with Gasteiger partial charge in [-0.05, 0) is 29.2 Å². The van der Waals surface area contributed by atoms with Crippen molar-refractivity contribution in [2.24, 2.45) is 5.73 Å². The van der Waals surface area contributed by atoms with E-state index in [0.717, 1.165) is 16.6 Å². The highest BCUT2D eigenvalue weighted by Crippen LogP contribution is 2.25. The van der Waals surface area contributed by atoms with E-state index in [4.69, 9.17) is 5.73 Å². The second-order valence-electron chi connectivity index (χ2n) is 3.93. The molecule has 0 saturated heterocycles. The number of nitrogens with two attached hydrogens (primary N) is 1. The van der Waals surface area contributed by atoms with Crippen molar-refractivity contribution in [3.05, 3.63) is 41.0 Å². The Kier molecular flexibility index (Phi) is 5.53. The molecule has 0 amide bonds. The second kappa shape index (κ2) is 7.39. The lowest BCUT2D eigenvalue weighted by Crippen LogP contribution is -1.94. The lowest BCUT2D eigenvalue weighted by molar-refractivity contribution is 0.617. The van der Waals surface area contributed by atoms with Gasteiger partial charge in [0, 0.05) is 17.7 Å². The molecule has 0 unspecified atom stereocenters. The second-order valence-corrected chi connectivity index (χ2v) is 5.91. The molecule has 3 nitrogen and oxygen atoms in total. The monoisotopic (exact) mass is 307 g/mol. The van der Waals surface area contributed by atoms with E-state index in [-0.39, 0.29) is 12.4 Å². The van der Waals surface area contributed by atoms with Crippen LogP contribution < -0.4 is 5.73 Å². The summed E-state index contributed by atoms with van der Waals surface area (Å²) in [4.78, 5) is 4.34. The number of nitrogens with zero attached hydrogens (tertiary/aromatic N) is 2. The normalized spacial score (nSPS) is 10.2. The average molecular weight is 307 g/mol. The minimum absolute atomic E-state index is 0.249. The predicted octanol–water partition coefficient (Wildman–Crippen LogP) is 2.84. The molecule has 1 aromatic heterocycles. The van der Waals surface area contributed by atoms with E-state index in [9.17, 15) is 4.39 Å². The number of aryl methyl sites for hydroxylation is 1. The predicted molar refractivity (Wildman–Crippen MR) is 81.2 cm³/mol. The minimum atomic E-state index is -0.249. The average Bonchev–Trinajstić information content (AvgIpc) is 2.92. The van der Waals surface area contributed by atoms with Crippen molar-refractivity contribution in [1.82, 2.24) is 9.36 Å². The zero-order valence-electron chi connectivity index (χ0n) is 11.0. The summed E-state index contributed by atoms with van der Waals surface area (Å²) in [5.74, 6) is 6.65. The molecule has 2 rings (SSSR count). The SMILES string of the molecule is CCc1nsc(SCc2ccc(C#CCN)cc2F)n1. The first kappa shape index (κ1) is 15.0. The maximum absolute atomic E-state index is 13.9. The molecule has 0 aliphatic rings. The van der Waals surface area contributed by atoms with Crippen molar-refractivity contribution in [3.8, 4) is 11.8 Å². The van der Waals surface area contributed by atoms with Crippen LogP contribution in [0, 0.1) is 17.7 Å². The fraction of sp³-hybridized carbons (Fsp3) is 0.286. The molecule has 20 heavy (non-hydrogen) atoms. The number of benzene rings is 1. The number of hydrogen-bond donors (Lipinski definition) is 1. The van der Waals surface area contributed by atoms with E-state index in [1.54, 1.807) is 12.1 Å². The van der Waals surface area contributed by atoms with Gasteiger partial charge in [-0.3, -0.25) is 0 Å². The summed E-state index contributed by atoms with van der Waals surface area (Å²) in [6.45, 7) is 2.29. The molecule has 1 heterocycles. The Labute approximate surface area is 126 Å². The molecule has 0 radical (unpaired) electrons. The summed E-state index contributed by atoms with van der Waals surface area (Å²) in [6, 6.07) is 5.00. The van der Waals surface area contributed by atoms with Gasteiger partial charge in [-0.2, -0.15) is 4.37 Å². The molecule has 2 aromatic rings. The van der Waals surface area contributed by atoms with Crippen LogP contribution in [0.15, 0.2) is 22.5 Å². The molecule has 104 valence electrons. The third-order valence-corrected chi connectivity index (χ3v) is 4.42. The summed E-state index contributed by atoms with van der Waals surface area (Å²) in [7, 11) is 0. The first-order valence-electron chi connectivity index (χ1n) is 6.15. The Morgan fingerprint density at radius 3 is 2.95 bits per heavy atom. The molecule has 0 atom stereocenters. The Balaban J connectivity index is 2.02. The molecular weight excluding hydrogens is 293 g/mol. The van der Waals surface area contributed by atoms with Gasteiger partial charge in [0.2, 0.25) is 0 Å². The highest BCUT2D eigenvalue weighted by Gasteiger charge is 2.07. The molecule has 0 aliphatic carbocycles. The van der Waals surface area contributed by atoms with E-state index in [1.807, 2.05) is 6.92 Å². The number of rotatable bonds is 4. The van der Waals surface area contributed by atoms with Crippen molar-refractivity contribution in [2.45, 2.75) is 23.4 Å². The summed E-state index contributed by atoms with van der Waals surface area (Å²) in [6.07, 6.45) is 0.819. The van der Waals surface area contributed by atoms with Crippen molar-refractivity contribution in [2.75, 3.05) is 6.54 Å². The maximum atomic E-state index is 13.9. The molecule has 0 saturated carbocycles. The third kappa shape index (κ3) is 4.04. The van der Waals surface area contributed by atoms with Crippen LogP contribution in [-0.4, -0.2) is 15.9 Å². The summed E-state index contributed by atoms with van der Waals surface area (Å²) in [5, 5.41) is 0. The lowest BCUT2D eigenvalue weighted by Gasteiger charge is -2.01. The number of halogens is 1. The van der Waals surface area contributed by atoms with Crippen molar-refractivity contribution in [1.29, 1.82) is 0 Å². The van der Waals surface area contributed by atoms with Gasteiger partial charge in [-0.1, -0.05) is 36.6 Å². The van der Waals surface area contributed by atoms with E-state index < -0.39 is 0 Å². The Hall–Kier alpha value is -1.42. The molecule has 0 bridgehead atoms. The fourth-order valence-electron chi connectivity index (χ4n) is 1.47. The van der Waals surface area contributed by atoms with Gasteiger partial charge >= 0.3 is 0 Å². The highest BCUT2D eigenvalue weighted by molar-refractivity contribution is 8.00. The quantitative estimate of drug-likeness (QED) is 0.697. The van der Waals surface area contributed by atoms with Crippen LogP contribution in [0.25, 0.3) is 0 Å². The van der Waals surface area contributed by atoms with Crippen molar-refractivity contribution >= 4 is 23.3 Å². The van der Waals surface area contributed by atoms with Crippen LogP contribution in [0.5, 0.6) is 0 Å².